The lowest BCUT2D eigenvalue weighted by Crippen LogP contribution is -2.62. The van der Waals surface area contributed by atoms with Crippen LogP contribution in [0.25, 0.3) is 22.3 Å². The second-order valence-electron chi connectivity index (χ2n) is 9.82. The molecule has 2 aromatic carbocycles. The van der Waals surface area contributed by atoms with E-state index in [9.17, 15) is 45.6 Å². The van der Waals surface area contributed by atoms with Crippen molar-refractivity contribution in [2.45, 2.75) is 61.4 Å². The second-order valence-corrected chi connectivity index (χ2v) is 9.82. The average molecular weight is 579 g/mol. The van der Waals surface area contributed by atoms with Crippen molar-refractivity contribution < 1.29 is 64.2 Å². The molecule has 10 atom stereocenters. The molecule has 8 N–H and O–H groups in total. The van der Waals surface area contributed by atoms with E-state index in [0.717, 1.165) is 6.07 Å². The minimum atomic E-state index is -1.78. The number of hydrogen-bond donors (Lipinski definition) is 8. The molecule has 0 saturated carbocycles. The summed E-state index contributed by atoms with van der Waals surface area (Å²) in [5, 5.41) is 81.2. The van der Waals surface area contributed by atoms with Crippen molar-refractivity contribution in [1.29, 1.82) is 0 Å². The zero-order valence-corrected chi connectivity index (χ0v) is 21.3. The van der Waals surface area contributed by atoms with Crippen LogP contribution in [0, 0.1) is 0 Å². The van der Waals surface area contributed by atoms with E-state index in [2.05, 4.69) is 0 Å². The molecule has 0 amide bonds. The van der Waals surface area contributed by atoms with Gasteiger partial charge in [0, 0.05) is 23.8 Å². The molecular formula is C27H30O14. The summed E-state index contributed by atoms with van der Waals surface area (Å²) < 4.78 is 27.8. The smallest absolute Gasteiger partial charge is 0.229 e. The molecule has 5 rings (SSSR count). The van der Waals surface area contributed by atoms with E-state index in [1.807, 2.05) is 0 Å². The summed E-state index contributed by atoms with van der Waals surface area (Å²) in [5.74, 6) is -0.346. The summed E-state index contributed by atoms with van der Waals surface area (Å²) in [5.41, 5.74) is 0.0782. The molecule has 1 aromatic heterocycles. The van der Waals surface area contributed by atoms with Crippen LogP contribution in [-0.2, 0) is 14.2 Å². The van der Waals surface area contributed by atoms with Crippen LogP contribution in [0.1, 0.15) is 0 Å². The molecule has 2 aliphatic heterocycles. The first-order chi connectivity index (χ1) is 19.6. The third-order valence-corrected chi connectivity index (χ3v) is 7.04. The van der Waals surface area contributed by atoms with Crippen LogP contribution < -0.4 is 10.2 Å². The van der Waals surface area contributed by atoms with E-state index in [4.69, 9.17) is 23.4 Å². The summed E-state index contributed by atoms with van der Waals surface area (Å²) in [6.45, 7) is -1.23. The van der Waals surface area contributed by atoms with Gasteiger partial charge in [-0.3, -0.25) is 4.79 Å². The molecule has 3 heterocycles. The van der Waals surface area contributed by atoms with Crippen LogP contribution in [-0.4, -0.2) is 115 Å². The standard InChI is InChI=1S/C27H30O14/c28-9-17-20(31)22(33)24(35)26(40-17)37-10-18-21(32)23(34)25(36)27(41-18)38-12-6-13(29)19-14(30)8-15(39-16(19)7-12)11-4-2-1-3-5-11/h1-8,17-18,20-29,31-36H,9-10H2/t17-,18-,20-,21-,22-,23-,24+,25-,26+,27-/m0/s1. The number of aliphatic hydroxyl groups is 7. The molecule has 0 spiro atoms. The number of ether oxygens (including phenoxy) is 4. The van der Waals surface area contributed by atoms with Crippen LogP contribution in [0.3, 0.4) is 0 Å². The summed E-state index contributed by atoms with van der Waals surface area (Å²) in [7, 11) is 0. The van der Waals surface area contributed by atoms with Crippen LogP contribution in [0.5, 0.6) is 11.5 Å². The van der Waals surface area contributed by atoms with Gasteiger partial charge in [0.15, 0.2) is 11.7 Å². The normalized spacial score (nSPS) is 34.0. The predicted molar refractivity (Wildman–Crippen MR) is 137 cm³/mol. The lowest BCUT2D eigenvalue weighted by atomic mass is 9.98. The molecule has 14 nitrogen and oxygen atoms in total. The molecule has 2 aliphatic rings. The predicted octanol–water partition coefficient (Wildman–Crippen LogP) is -1.83. The Kier molecular flexibility index (Phi) is 8.58. The number of phenols is 1. The fourth-order valence-corrected chi connectivity index (χ4v) is 4.74. The molecule has 222 valence electrons. The van der Waals surface area contributed by atoms with Crippen molar-refractivity contribution >= 4 is 11.0 Å². The van der Waals surface area contributed by atoms with Crippen LogP contribution >= 0.6 is 0 Å². The van der Waals surface area contributed by atoms with E-state index in [0.29, 0.717) is 5.56 Å². The molecule has 41 heavy (non-hydrogen) atoms. The Morgan fingerprint density at radius 2 is 1.39 bits per heavy atom. The fourth-order valence-electron chi connectivity index (χ4n) is 4.74. The van der Waals surface area contributed by atoms with Crippen LogP contribution in [0.4, 0.5) is 0 Å². The molecule has 14 heteroatoms. The fraction of sp³-hybridized carbons (Fsp3) is 0.444. The monoisotopic (exact) mass is 578 g/mol. The Morgan fingerprint density at radius 3 is 2.07 bits per heavy atom. The lowest BCUT2D eigenvalue weighted by molar-refractivity contribution is -0.323. The zero-order chi connectivity index (χ0) is 29.4. The Balaban J connectivity index is 1.34. The number of aromatic hydroxyl groups is 1. The van der Waals surface area contributed by atoms with Crippen molar-refractivity contribution in [2.24, 2.45) is 0 Å². The summed E-state index contributed by atoms with van der Waals surface area (Å²) in [6, 6.07) is 12.4. The number of fused-ring (bicyclic) bond motifs is 1. The molecule has 0 unspecified atom stereocenters. The highest BCUT2D eigenvalue weighted by Crippen LogP contribution is 2.33. The van der Waals surface area contributed by atoms with Crippen molar-refractivity contribution in [3.05, 3.63) is 58.8 Å². The third-order valence-electron chi connectivity index (χ3n) is 7.04. The maximum Gasteiger partial charge on any atom is 0.229 e. The number of hydrogen-bond acceptors (Lipinski definition) is 14. The largest absolute Gasteiger partial charge is 0.507 e. The zero-order valence-electron chi connectivity index (χ0n) is 21.3. The van der Waals surface area contributed by atoms with Gasteiger partial charge in [-0.15, -0.1) is 0 Å². The minimum Gasteiger partial charge on any atom is -0.507 e. The van der Waals surface area contributed by atoms with E-state index in [1.165, 1.54) is 12.1 Å². The maximum absolute atomic E-state index is 12.7. The van der Waals surface area contributed by atoms with Gasteiger partial charge in [-0.25, -0.2) is 0 Å². The van der Waals surface area contributed by atoms with Crippen molar-refractivity contribution in [3.63, 3.8) is 0 Å². The number of phenolic OH excluding ortho intramolecular Hbond substituents is 1. The van der Waals surface area contributed by atoms with Gasteiger partial charge in [-0.2, -0.15) is 0 Å². The molecule has 0 aliphatic carbocycles. The number of rotatable bonds is 7. The number of benzene rings is 2. The molecule has 2 saturated heterocycles. The Bertz CT molecular complexity index is 1390. The Labute approximate surface area is 231 Å². The van der Waals surface area contributed by atoms with Gasteiger partial charge in [-0.1, -0.05) is 30.3 Å². The van der Waals surface area contributed by atoms with Crippen LogP contribution in [0.2, 0.25) is 0 Å². The topological polar surface area (TPSA) is 229 Å². The quantitative estimate of drug-likeness (QED) is 0.154. The van der Waals surface area contributed by atoms with Gasteiger partial charge in [0.2, 0.25) is 6.29 Å². The van der Waals surface area contributed by atoms with Crippen molar-refractivity contribution in [1.82, 2.24) is 0 Å². The molecule has 0 radical (unpaired) electrons. The highest BCUT2D eigenvalue weighted by atomic mass is 16.7. The van der Waals surface area contributed by atoms with E-state index >= 15 is 0 Å². The highest BCUT2D eigenvalue weighted by Gasteiger charge is 2.48. The Hall–Kier alpha value is -3.15. The number of aliphatic hydroxyl groups excluding tert-OH is 7. The summed E-state index contributed by atoms with van der Waals surface area (Å²) in [4.78, 5) is 12.7. The van der Waals surface area contributed by atoms with Gasteiger partial charge >= 0.3 is 0 Å². The van der Waals surface area contributed by atoms with Gasteiger partial charge in [0.1, 0.15) is 77.1 Å². The second kappa shape index (κ2) is 12.0. The summed E-state index contributed by atoms with van der Waals surface area (Å²) >= 11 is 0. The maximum atomic E-state index is 12.7. The van der Waals surface area contributed by atoms with E-state index in [1.54, 1.807) is 30.3 Å². The highest BCUT2D eigenvalue weighted by molar-refractivity contribution is 5.86. The lowest BCUT2D eigenvalue weighted by Gasteiger charge is -2.42. The summed E-state index contributed by atoms with van der Waals surface area (Å²) in [6.07, 6.45) is -16.0. The molecule has 0 bridgehead atoms. The van der Waals surface area contributed by atoms with E-state index < -0.39 is 85.8 Å². The van der Waals surface area contributed by atoms with Gasteiger partial charge in [0.05, 0.1) is 13.2 Å². The van der Waals surface area contributed by atoms with Crippen molar-refractivity contribution in [3.8, 4) is 22.8 Å². The van der Waals surface area contributed by atoms with Crippen molar-refractivity contribution in [2.75, 3.05) is 13.2 Å². The first kappa shape index (κ1) is 29.3. The average Bonchev–Trinajstić information content (AvgIpc) is 2.96. The first-order valence-electron chi connectivity index (χ1n) is 12.7. The van der Waals surface area contributed by atoms with Gasteiger partial charge < -0.3 is 64.2 Å². The van der Waals surface area contributed by atoms with E-state index in [-0.39, 0.29) is 22.5 Å². The minimum absolute atomic E-state index is 0.0280. The van der Waals surface area contributed by atoms with Gasteiger partial charge in [-0.05, 0) is 0 Å². The van der Waals surface area contributed by atoms with Crippen LogP contribution in [0.15, 0.2) is 57.7 Å². The molecule has 2 fully saturated rings. The molecule has 3 aromatic rings. The third kappa shape index (κ3) is 5.80. The Morgan fingerprint density at radius 1 is 0.756 bits per heavy atom. The first-order valence-corrected chi connectivity index (χ1v) is 12.7. The molecular weight excluding hydrogens is 548 g/mol. The van der Waals surface area contributed by atoms with Gasteiger partial charge in [0.25, 0.3) is 0 Å². The SMILES string of the molecule is O=c1cc(-c2ccccc2)oc2cc(O[C@H]3O[C@@H](CO[C@@H]4O[C@@H](CO)[C@H](O)[C@H](O)[C@H]4O)[C@H](O)[C@H](O)[C@@H]3O)cc(O)c12.